The van der Waals surface area contributed by atoms with Crippen molar-refractivity contribution in [1.82, 2.24) is 24.5 Å². The molecule has 1 aromatic carbocycles. The molecule has 8 heteroatoms. The number of nitrogens with one attached hydrogen (secondary N) is 1. The fourth-order valence-electron chi connectivity index (χ4n) is 1.74. The van der Waals surface area contributed by atoms with Gasteiger partial charge in [0, 0.05) is 23.8 Å². The molecule has 0 aliphatic carbocycles. The van der Waals surface area contributed by atoms with Crippen LogP contribution in [-0.2, 0) is 0 Å². The molecular formula is C13H11ClN6O. The van der Waals surface area contributed by atoms with Crippen molar-refractivity contribution >= 4 is 23.2 Å². The largest absolute Gasteiger partial charge is 0.467 e. The van der Waals surface area contributed by atoms with E-state index in [-0.39, 0.29) is 11.3 Å². The molecule has 1 N–H and O–H groups in total. The molecule has 0 aliphatic heterocycles. The van der Waals surface area contributed by atoms with Crippen LogP contribution in [-0.4, -0.2) is 31.6 Å². The quantitative estimate of drug-likeness (QED) is 0.797. The van der Waals surface area contributed by atoms with E-state index in [0.29, 0.717) is 5.95 Å². The van der Waals surface area contributed by atoms with E-state index in [1.165, 1.54) is 7.11 Å². The molecule has 0 unspecified atom stereocenters. The number of anilines is 2. The highest BCUT2D eigenvalue weighted by Crippen LogP contribution is 2.18. The second kappa shape index (κ2) is 5.76. The minimum atomic E-state index is 0.0689. The Kier molecular flexibility index (Phi) is 3.65. The molecule has 2 heterocycles. The molecule has 106 valence electrons. The van der Waals surface area contributed by atoms with Gasteiger partial charge >= 0.3 is 6.01 Å². The van der Waals surface area contributed by atoms with Gasteiger partial charge in [0.05, 0.1) is 13.4 Å². The van der Waals surface area contributed by atoms with Gasteiger partial charge in [-0.15, -0.1) is 0 Å². The molecule has 3 rings (SSSR count). The van der Waals surface area contributed by atoms with Gasteiger partial charge in [0.2, 0.25) is 11.2 Å². The number of hydrogen-bond acceptors (Lipinski definition) is 6. The van der Waals surface area contributed by atoms with Crippen molar-refractivity contribution in [2.75, 3.05) is 12.4 Å². The van der Waals surface area contributed by atoms with E-state index in [1.807, 2.05) is 35.0 Å². The Morgan fingerprint density at radius 1 is 1.14 bits per heavy atom. The third kappa shape index (κ3) is 3.09. The summed E-state index contributed by atoms with van der Waals surface area (Å²) in [5.74, 6) is 0.322. The highest BCUT2D eigenvalue weighted by Gasteiger charge is 2.05. The molecule has 0 spiro atoms. The minimum absolute atomic E-state index is 0.0689. The second-order valence-electron chi connectivity index (χ2n) is 4.06. The number of imidazole rings is 1. The van der Waals surface area contributed by atoms with E-state index in [1.54, 1.807) is 12.5 Å². The van der Waals surface area contributed by atoms with E-state index < -0.39 is 0 Å². The molecule has 3 aromatic rings. The maximum Gasteiger partial charge on any atom is 0.322 e. The van der Waals surface area contributed by atoms with Crippen molar-refractivity contribution in [2.24, 2.45) is 0 Å². The summed E-state index contributed by atoms with van der Waals surface area (Å²) in [4.78, 5) is 15.9. The predicted molar refractivity (Wildman–Crippen MR) is 78.2 cm³/mol. The van der Waals surface area contributed by atoms with Crippen LogP contribution < -0.4 is 10.1 Å². The summed E-state index contributed by atoms with van der Waals surface area (Å²) in [6.07, 6.45) is 5.34. The highest BCUT2D eigenvalue weighted by atomic mass is 35.5. The summed E-state index contributed by atoms with van der Waals surface area (Å²) < 4.78 is 6.85. The predicted octanol–water partition coefficient (Wildman–Crippen LogP) is 2.46. The lowest BCUT2D eigenvalue weighted by Crippen LogP contribution is -2.01. The molecule has 0 fully saturated rings. The first kappa shape index (κ1) is 13.3. The normalized spacial score (nSPS) is 10.4. The monoisotopic (exact) mass is 302 g/mol. The van der Waals surface area contributed by atoms with Crippen LogP contribution in [0.5, 0.6) is 6.01 Å². The molecule has 0 aliphatic rings. The fraction of sp³-hybridized carbons (Fsp3) is 0.0769. The number of rotatable bonds is 4. The average Bonchev–Trinajstić information content (AvgIpc) is 3.01. The molecule has 0 radical (unpaired) electrons. The van der Waals surface area contributed by atoms with Gasteiger partial charge in [0.25, 0.3) is 0 Å². The lowest BCUT2D eigenvalue weighted by atomic mass is 10.3. The van der Waals surface area contributed by atoms with E-state index in [4.69, 9.17) is 16.3 Å². The topological polar surface area (TPSA) is 77.8 Å². The van der Waals surface area contributed by atoms with Gasteiger partial charge in [-0.1, -0.05) is 0 Å². The molecule has 0 bridgehead atoms. The number of methoxy groups -OCH3 is 1. The standard InChI is InChI=1S/C13H11ClN6O/c1-21-13-18-11(14)17-12(19-13)16-9-2-4-10(5-3-9)20-7-6-15-8-20/h2-8H,1H3,(H,16,17,18,19). The first-order valence-electron chi connectivity index (χ1n) is 6.05. The Hall–Kier alpha value is -2.67. The average molecular weight is 303 g/mol. The van der Waals surface area contributed by atoms with Crippen LogP contribution in [0.4, 0.5) is 11.6 Å². The SMILES string of the molecule is COc1nc(Cl)nc(Nc2ccc(-n3ccnc3)cc2)n1. The van der Waals surface area contributed by atoms with Crippen LogP contribution in [0.1, 0.15) is 0 Å². The number of nitrogens with zero attached hydrogens (tertiary/aromatic N) is 5. The maximum atomic E-state index is 5.80. The van der Waals surface area contributed by atoms with Gasteiger partial charge in [-0.3, -0.25) is 0 Å². The van der Waals surface area contributed by atoms with Crippen LogP contribution >= 0.6 is 11.6 Å². The first-order chi connectivity index (χ1) is 10.2. The zero-order valence-electron chi connectivity index (χ0n) is 11.1. The van der Waals surface area contributed by atoms with Crippen molar-refractivity contribution in [3.63, 3.8) is 0 Å². The summed E-state index contributed by atoms with van der Waals surface area (Å²) in [7, 11) is 1.47. The van der Waals surface area contributed by atoms with Gasteiger partial charge in [-0.05, 0) is 35.9 Å². The smallest absolute Gasteiger partial charge is 0.322 e. The summed E-state index contributed by atoms with van der Waals surface area (Å²) in [6.45, 7) is 0. The van der Waals surface area contributed by atoms with E-state index in [0.717, 1.165) is 11.4 Å². The van der Waals surface area contributed by atoms with Crippen molar-refractivity contribution in [3.8, 4) is 11.7 Å². The number of hydrogen-bond donors (Lipinski definition) is 1. The Balaban J connectivity index is 1.80. The molecule has 7 nitrogen and oxygen atoms in total. The van der Waals surface area contributed by atoms with Gasteiger partial charge in [-0.25, -0.2) is 4.98 Å². The molecule has 2 aromatic heterocycles. The number of ether oxygens (including phenoxy) is 1. The zero-order chi connectivity index (χ0) is 14.7. The molecule has 0 saturated heterocycles. The lowest BCUT2D eigenvalue weighted by Gasteiger charge is -2.07. The Labute approximate surface area is 125 Å². The number of benzene rings is 1. The van der Waals surface area contributed by atoms with Crippen LogP contribution in [0.3, 0.4) is 0 Å². The maximum absolute atomic E-state index is 5.80. The van der Waals surface area contributed by atoms with Gasteiger partial charge in [-0.2, -0.15) is 15.0 Å². The zero-order valence-corrected chi connectivity index (χ0v) is 11.8. The van der Waals surface area contributed by atoms with Crippen LogP contribution in [0.15, 0.2) is 43.0 Å². The first-order valence-corrected chi connectivity index (χ1v) is 6.43. The van der Waals surface area contributed by atoms with Crippen LogP contribution in [0, 0.1) is 0 Å². The summed E-state index contributed by atoms with van der Waals surface area (Å²) in [5, 5.41) is 3.11. The molecule has 21 heavy (non-hydrogen) atoms. The van der Waals surface area contributed by atoms with Crippen molar-refractivity contribution in [2.45, 2.75) is 0 Å². The van der Waals surface area contributed by atoms with Gasteiger partial charge in [0.15, 0.2) is 0 Å². The van der Waals surface area contributed by atoms with Crippen LogP contribution in [0.2, 0.25) is 5.28 Å². The molecule has 0 amide bonds. The van der Waals surface area contributed by atoms with Crippen molar-refractivity contribution in [1.29, 1.82) is 0 Å². The minimum Gasteiger partial charge on any atom is -0.467 e. The Bertz CT molecular complexity index is 729. The number of aromatic nitrogens is 5. The highest BCUT2D eigenvalue weighted by molar-refractivity contribution is 6.28. The third-order valence-corrected chi connectivity index (χ3v) is 2.87. The molecule has 0 saturated carbocycles. The summed E-state index contributed by atoms with van der Waals surface area (Å²) in [6, 6.07) is 7.86. The summed E-state index contributed by atoms with van der Waals surface area (Å²) >= 11 is 5.80. The lowest BCUT2D eigenvalue weighted by molar-refractivity contribution is 0.379. The summed E-state index contributed by atoms with van der Waals surface area (Å²) in [5.41, 5.74) is 1.83. The van der Waals surface area contributed by atoms with E-state index >= 15 is 0 Å². The van der Waals surface area contributed by atoms with Gasteiger partial charge in [0.1, 0.15) is 0 Å². The number of halogens is 1. The molecule has 0 atom stereocenters. The third-order valence-electron chi connectivity index (χ3n) is 2.70. The Morgan fingerprint density at radius 2 is 1.95 bits per heavy atom. The fourth-order valence-corrected chi connectivity index (χ4v) is 1.89. The van der Waals surface area contributed by atoms with E-state index in [2.05, 4.69) is 25.3 Å². The van der Waals surface area contributed by atoms with E-state index in [9.17, 15) is 0 Å². The van der Waals surface area contributed by atoms with Gasteiger partial charge < -0.3 is 14.6 Å². The van der Waals surface area contributed by atoms with Crippen molar-refractivity contribution in [3.05, 3.63) is 48.3 Å². The van der Waals surface area contributed by atoms with Crippen LogP contribution in [0.25, 0.3) is 5.69 Å². The second-order valence-corrected chi connectivity index (χ2v) is 4.39. The molecular weight excluding hydrogens is 292 g/mol. The Morgan fingerprint density at radius 3 is 2.62 bits per heavy atom. The van der Waals surface area contributed by atoms with Crippen molar-refractivity contribution < 1.29 is 4.74 Å².